The van der Waals surface area contributed by atoms with E-state index in [0.717, 1.165) is 0 Å². The summed E-state index contributed by atoms with van der Waals surface area (Å²) in [6.07, 6.45) is 1.35. The summed E-state index contributed by atoms with van der Waals surface area (Å²) in [5.74, 6) is 0.536. The number of rotatable bonds is 2. The van der Waals surface area contributed by atoms with Gasteiger partial charge in [-0.2, -0.15) is 4.99 Å². The standard InChI is InChI=1S/C14H13N3O2/c1-19-14-5-3-2-4-13(14)17(18)9-16-11-8-10(15)6-7-12(11)17/h2-9H,15H2,1H3. The number of nitrogens with zero attached hydrogens (tertiary/aromatic N) is 2. The van der Waals surface area contributed by atoms with Gasteiger partial charge in [-0.3, -0.25) is 0 Å². The summed E-state index contributed by atoms with van der Waals surface area (Å²) >= 11 is 0. The molecule has 1 aliphatic heterocycles. The maximum atomic E-state index is 13.1. The van der Waals surface area contributed by atoms with Crippen molar-refractivity contribution in [2.75, 3.05) is 12.8 Å². The van der Waals surface area contributed by atoms with E-state index in [9.17, 15) is 5.21 Å². The van der Waals surface area contributed by atoms with Crippen LogP contribution in [0.4, 0.5) is 22.7 Å². The van der Waals surface area contributed by atoms with Crippen molar-refractivity contribution in [3.05, 3.63) is 47.7 Å². The van der Waals surface area contributed by atoms with Gasteiger partial charge in [0.15, 0.2) is 17.1 Å². The fourth-order valence-corrected chi connectivity index (χ4v) is 2.23. The van der Waals surface area contributed by atoms with Crippen LogP contribution in [0.15, 0.2) is 47.5 Å². The molecule has 0 amide bonds. The lowest BCUT2D eigenvalue weighted by molar-refractivity contribution is 0.410. The predicted octanol–water partition coefficient (Wildman–Crippen LogP) is 3.09. The van der Waals surface area contributed by atoms with Crippen molar-refractivity contribution < 1.29 is 4.74 Å². The number of nitrogens with two attached hydrogens (primary N) is 1. The van der Waals surface area contributed by atoms with E-state index in [1.807, 2.05) is 6.07 Å². The normalized spacial score (nSPS) is 20.3. The fraction of sp³-hybridized carbons (Fsp3) is 0.0714. The molecule has 1 atom stereocenters. The molecule has 0 bridgehead atoms. The number of para-hydroxylation sites is 2. The lowest BCUT2D eigenvalue weighted by Gasteiger charge is -2.34. The molecular weight excluding hydrogens is 242 g/mol. The highest BCUT2D eigenvalue weighted by Crippen LogP contribution is 2.47. The number of anilines is 1. The maximum Gasteiger partial charge on any atom is 0.201 e. The second kappa shape index (κ2) is 4.08. The van der Waals surface area contributed by atoms with Gasteiger partial charge in [0.25, 0.3) is 0 Å². The van der Waals surface area contributed by atoms with Crippen molar-refractivity contribution in [3.63, 3.8) is 0 Å². The Morgan fingerprint density at radius 1 is 1.16 bits per heavy atom. The van der Waals surface area contributed by atoms with Gasteiger partial charge in [0.05, 0.1) is 7.11 Å². The Kier molecular flexibility index (Phi) is 2.51. The van der Waals surface area contributed by atoms with Crippen LogP contribution >= 0.6 is 0 Å². The molecule has 2 aromatic rings. The lowest BCUT2D eigenvalue weighted by atomic mass is 10.2. The first-order chi connectivity index (χ1) is 9.15. The number of nitrogen functional groups attached to an aromatic ring is 1. The molecule has 1 aliphatic rings. The molecule has 2 aromatic carbocycles. The third-order valence-corrected chi connectivity index (χ3v) is 3.16. The van der Waals surface area contributed by atoms with Crippen LogP contribution in [0.5, 0.6) is 5.75 Å². The predicted molar refractivity (Wildman–Crippen MR) is 76.8 cm³/mol. The molecule has 5 heteroatoms. The maximum absolute atomic E-state index is 13.1. The number of hydrogen-bond acceptors (Lipinski definition) is 4. The second-order valence-electron chi connectivity index (χ2n) is 4.32. The Morgan fingerprint density at radius 3 is 2.74 bits per heavy atom. The first kappa shape index (κ1) is 11.7. The first-order valence-electron chi connectivity index (χ1n) is 5.84. The molecule has 1 heterocycles. The molecular formula is C14H13N3O2. The lowest BCUT2D eigenvalue weighted by Crippen LogP contribution is -2.33. The first-order valence-corrected chi connectivity index (χ1v) is 5.84. The van der Waals surface area contributed by atoms with Crippen molar-refractivity contribution in [3.8, 4) is 5.75 Å². The molecule has 0 fully saturated rings. The summed E-state index contributed by atoms with van der Waals surface area (Å²) in [7, 11) is 1.54. The summed E-state index contributed by atoms with van der Waals surface area (Å²) < 4.78 is 4.50. The topological polar surface area (TPSA) is 70.7 Å². The third-order valence-electron chi connectivity index (χ3n) is 3.16. The number of hydroxylamine groups is 1. The number of hydrogen-bond donors (Lipinski definition) is 1. The van der Waals surface area contributed by atoms with Gasteiger partial charge < -0.3 is 15.7 Å². The largest absolute Gasteiger partial charge is 0.615 e. The number of benzene rings is 2. The zero-order valence-electron chi connectivity index (χ0n) is 10.4. The van der Waals surface area contributed by atoms with Gasteiger partial charge in [-0.25, -0.2) is 4.65 Å². The summed E-state index contributed by atoms with van der Waals surface area (Å²) in [4.78, 5) is 4.16. The highest BCUT2D eigenvalue weighted by molar-refractivity contribution is 5.97. The summed E-state index contributed by atoms with van der Waals surface area (Å²) in [6, 6.07) is 12.2. The van der Waals surface area contributed by atoms with Crippen molar-refractivity contribution >= 4 is 29.1 Å². The van der Waals surface area contributed by atoms with E-state index in [1.54, 1.807) is 43.5 Å². The number of ether oxygens (including phenoxy) is 1. The Balaban J connectivity index is 2.20. The molecule has 1 unspecified atom stereocenters. The molecule has 19 heavy (non-hydrogen) atoms. The molecule has 2 N–H and O–H groups in total. The zero-order chi connectivity index (χ0) is 13.5. The van der Waals surface area contributed by atoms with E-state index in [1.165, 1.54) is 6.34 Å². The zero-order valence-corrected chi connectivity index (χ0v) is 10.4. The Morgan fingerprint density at radius 2 is 1.95 bits per heavy atom. The monoisotopic (exact) mass is 255 g/mol. The van der Waals surface area contributed by atoms with Crippen LogP contribution in [0.2, 0.25) is 0 Å². The van der Waals surface area contributed by atoms with Gasteiger partial charge in [0.2, 0.25) is 6.34 Å². The van der Waals surface area contributed by atoms with E-state index in [-0.39, 0.29) is 0 Å². The molecule has 0 radical (unpaired) electrons. The van der Waals surface area contributed by atoms with Crippen molar-refractivity contribution in [1.82, 2.24) is 4.65 Å². The molecule has 0 saturated carbocycles. The van der Waals surface area contributed by atoms with Gasteiger partial charge in [-0.1, -0.05) is 12.1 Å². The van der Waals surface area contributed by atoms with Crippen LogP contribution in [0.25, 0.3) is 0 Å². The van der Waals surface area contributed by atoms with Crippen LogP contribution in [0.1, 0.15) is 0 Å². The molecule has 3 rings (SSSR count). The average Bonchev–Trinajstić information content (AvgIpc) is 2.77. The number of fused-ring (bicyclic) bond motifs is 1. The van der Waals surface area contributed by atoms with E-state index < -0.39 is 4.65 Å². The summed E-state index contributed by atoms with van der Waals surface area (Å²) in [5, 5.41) is 13.1. The van der Waals surface area contributed by atoms with Gasteiger partial charge in [-0.05, 0) is 18.2 Å². The highest BCUT2D eigenvalue weighted by Gasteiger charge is 2.33. The van der Waals surface area contributed by atoms with Crippen LogP contribution in [0, 0.1) is 5.21 Å². The summed E-state index contributed by atoms with van der Waals surface area (Å²) in [6.45, 7) is 0. The molecule has 5 nitrogen and oxygen atoms in total. The van der Waals surface area contributed by atoms with Crippen LogP contribution in [-0.2, 0) is 0 Å². The number of quaternary nitrogens is 1. The number of methoxy groups -OCH3 is 1. The number of aliphatic imine (C=N–C) groups is 1. The van der Waals surface area contributed by atoms with Crippen LogP contribution in [-0.4, -0.2) is 13.4 Å². The van der Waals surface area contributed by atoms with Crippen molar-refractivity contribution in [2.24, 2.45) is 4.99 Å². The SMILES string of the molecule is COc1ccccc1[N+]1([O-])C=Nc2cc(N)ccc21. The van der Waals surface area contributed by atoms with Crippen LogP contribution in [0.3, 0.4) is 0 Å². The minimum atomic E-state index is -0.764. The smallest absolute Gasteiger partial charge is 0.201 e. The van der Waals surface area contributed by atoms with Crippen molar-refractivity contribution in [2.45, 2.75) is 0 Å². The average molecular weight is 255 g/mol. The molecule has 0 spiro atoms. The minimum absolute atomic E-state index is 0.497. The van der Waals surface area contributed by atoms with Crippen molar-refractivity contribution in [1.29, 1.82) is 0 Å². The fourth-order valence-electron chi connectivity index (χ4n) is 2.23. The Hall–Kier alpha value is -2.37. The molecule has 0 aromatic heterocycles. The van der Waals surface area contributed by atoms with E-state index >= 15 is 0 Å². The summed E-state index contributed by atoms with van der Waals surface area (Å²) in [5.41, 5.74) is 7.93. The van der Waals surface area contributed by atoms with E-state index in [2.05, 4.69) is 4.99 Å². The van der Waals surface area contributed by atoms with Gasteiger partial charge >= 0.3 is 0 Å². The van der Waals surface area contributed by atoms with Gasteiger partial charge in [0, 0.05) is 17.8 Å². The molecule has 96 valence electrons. The van der Waals surface area contributed by atoms with E-state index in [0.29, 0.717) is 28.5 Å². The molecule has 0 saturated heterocycles. The van der Waals surface area contributed by atoms with E-state index in [4.69, 9.17) is 10.5 Å². The third kappa shape index (κ3) is 1.68. The second-order valence-corrected chi connectivity index (χ2v) is 4.32. The quantitative estimate of drug-likeness (QED) is 0.509. The molecule has 0 aliphatic carbocycles. The Bertz CT molecular complexity index is 669. The van der Waals surface area contributed by atoms with Gasteiger partial charge in [-0.15, -0.1) is 0 Å². The van der Waals surface area contributed by atoms with Crippen LogP contribution < -0.4 is 15.1 Å². The van der Waals surface area contributed by atoms with Gasteiger partial charge in [0.1, 0.15) is 5.69 Å². The minimum Gasteiger partial charge on any atom is -0.615 e. The highest BCUT2D eigenvalue weighted by atomic mass is 16.6. The Labute approximate surface area is 110 Å².